The summed E-state index contributed by atoms with van der Waals surface area (Å²) in [6.45, 7) is 6.39. The number of nitrogens with one attached hydrogen (secondary N) is 1. The highest BCUT2D eigenvalue weighted by Gasteiger charge is 2.38. The third-order valence-electron chi connectivity index (χ3n) is 4.32. The van der Waals surface area contributed by atoms with Crippen LogP contribution in [0.3, 0.4) is 0 Å². The lowest BCUT2D eigenvalue weighted by Gasteiger charge is -2.16. The van der Waals surface area contributed by atoms with E-state index in [2.05, 4.69) is 5.32 Å². The molecule has 1 N–H and O–H groups in total. The second-order valence-corrected chi connectivity index (χ2v) is 6.79. The molecule has 5 nitrogen and oxygen atoms in total. The molecule has 0 saturated heterocycles. The zero-order valence-electron chi connectivity index (χ0n) is 15.9. The molecule has 0 saturated carbocycles. The first-order chi connectivity index (χ1) is 13.0. The number of hydrogen-bond donors (Lipinski definition) is 1. The lowest BCUT2D eigenvalue weighted by atomic mass is 10.0. The summed E-state index contributed by atoms with van der Waals surface area (Å²) in [5.41, 5.74) is 3.31. The predicted molar refractivity (Wildman–Crippen MR) is 106 cm³/mol. The first-order valence-electron chi connectivity index (χ1n) is 9.08. The molecule has 0 aromatic heterocycles. The van der Waals surface area contributed by atoms with Gasteiger partial charge in [0.1, 0.15) is 5.70 Å². The van der Waals surface area contributed by atoms with Crippen molar-refractivity contribution in [1.82, 2.24) is 4.90 Å². The molecule has 2 amide bonds. The van der Waals surface area contributed by atoms with Crippen LogP contribution in [0.5, 0.6) is 0 Å². The molecule has 1 heterocycles. The van der Waals surface area contributed by atoms with Gasteiger partial charge in [0.15, 0.2) is 0 Å². The minimum absolute atomic E-state index is 0.0458. The molecule has 5 heteroatoms. The molecule has 0 aliphatic carbocycles. The van der Waals surface area contributed by atoms with E-state index in [4.69, 9.17) is 4.74 Å². The Bertz CT molecular complexity index is 855. The minimum Gasteiger partial charge on any atom is -0.377 e. The molecule has 0 bridgehead atoms. The molecular formula is C22H24N2O3. The monoisotopic (exact) mass is 364 g/mol. The molecule has 0 radical (unpaired) electrons. The average Bonchev–Trinajstić information content (AvgIpc) is 2.88. The molecule has 140 valence electrons. The predicted octanol–water partition coefficient (Wildman–Crippen LogP) is 3.61. The van der Waals surface area contributed by atoms with Crippen LogP contribution in [0.4, 0.5) is 5.69 Å². The number of hydrogen-bond acceptors (Lipinski definition) is 4. The summed E-state index contributed by atoms with van der Waals surface area (Å²) in [4.78, 5) is 27.2. The number of rotatable bonds is 7. The van der Waals surface area contributed by atoms with Crippen LogP contribution < -0.4 is 5.32 Å². The van der Waals surface area contributed by atoms with Crippen molar-refractivity contribution in [2.75, 3.05) is 18.5 Å². The van der Waals surface area contributed by atoms with E-state index in [0.29, 0.717) is 17.9 Å². The summed E-state index contributed by atoms with van der Waals surface area (Å²) in [7, 11) is 0. The van der Waals surface area contributed by atoms with E-state index in [0.717, 1.165) is 16.8 Å². The van der Waals surface area contributed by atoms with Crippen LogP contribution in [0.2, 0.25) is 0 Å². The molecule has 27 heavy (non-hydrogen) atoms. The topological polar surface area (TPSA) is 58.6 Å². The van der Waals surface area contributed by atoms with Crippen LogP contribution in [-0.2, 0) is 14.3 Å². The minimum atomic E-state index is -0.327. The summed E-state index contributed by atoms with van der Waals surface area (Å²) in [6, 6.07) is 17.0. The van der Waals surface area contributed by atoms with E-state index in [1.807, 2.05) is 75.4 Å². The fourth-order valence-corrected chi connectivity index (χ4v) is 2.93. The second kappa shape index (κ2) is 8.18. The van der Waals surface area contributed by atoms with Gasteiger partial charge in [0.2, 0.25) is 0 Å². The van der Waals surface area contributed by atoms with Gasteiger partial charge < -0.3 is 10.1 Å². The molecule has 0 fully saturated rings. The number of ether oxygens (including phenoxy) is 1. The Balaban J connectivity index is 1.92. The third-order valence-corrected chi connectivity index (χ3v) is 4.32. The quantitative estimate of drug-likeness (QED) is 0.763. The summed E-state index contributed by atoms with van der Waals surface area (Å²) in [5, 5.41) is 3.15. The Hall–Kier alpha value is -2.92. The molecule has 3 rings (SSSR count). The Kier molecular flexibility index (Phi) is 5.72. The van der Waals surface area contributed by atoms with E-state index in [-0.39, 0.29) is 24.5 Å². The fraction of sp³-hybridized carbons (Fsp3) is 0.273. The summed E-state index contributed by atoms with van der Waals surface area (Å²) in [5.74, 6) is -0.625. The number of carbonyl (C=O) groups is 2. The van der Waals surface area contributed by atoms with Crippen LogP contribution in [-0.4, -0.2) is 36.0 Å². The van der Waals surface area contributed by atoms with Gasteiger partial charge in [0, 0.05) is 5.69 Å². The number of carbonyl (C=O) groups excluding carboxylic acids is 2. The van der Waals surface area contributed by atoms with Gasteiger partial charge in [-0.05, 0) is 38.5 Å². The Morgan fingerprint density at radius 2 is 1.63 bits per heavy atom. The fourth-order valence-electron chi connectivity index (χ4n) is 2.93. The van der Waals surface area contributed by atoms with Crippen molar-refractivity contribution in [3.63, 3.8) is 0 Å². The summed E-state index contributed by atoms with van der Waals surface area (Å²) in [6.07, 6.45) is 0.0458. The van der Waals surface area contributed by atoms with Gasteiger partial charge in [-0.2, -0.15) is 0 Å². The Morgan fingerprint density at radius 3 is 2.26 bits per heavy atom. The van der Waals surface area contributed by atoms with E-state index in [1.165, 1.54) is 4.90 Å². The van der Waals surface area contributed by atoms with Crippen molar-refractivity contribution in [3.8, 4) is 0 Å². The normalized spacial score (nSPS) is 14.4. The van der Waals surface area contributed by atoms with Crippen LogP contribution >= 0.6 is 0 Å². The van der Waals surface area contributed by atoms with Crippen molar-refractivity contribution in [1.29, 1.82) is 0 Å². The van der Waals surface area contributed by atoms with Gasteiger partial charge in [0.05, 0.1) is 24.8 Å². The maximum Gasteiger partial charge on any atom is 0.278 e. The van der Waals surface area contributed by atoms with Crippen LogP contribution in [0.15, 0.2) is 60.3 Å². The number of imide groups is 1. The SMILES string of the molecule is Cc1ccc(NC2=C(c3ccccc3)C(=O)N(CCOC(C)C)C2=O)cc1. The van der Waals surface area contributed by atoms with Gasteiger partial charge in [-0.25, -0.2) is 0 Å². The van der Waals surface area contributed by atoms with E-state index < -0.39 is 0 Å². The first-order valence-corrected chi connectivity index (χ1v) is 9.08. The first kappa shape index (κ1) is 18.9. The van der Waals surface area contributed by atoms with E-state index in [1.54, 1.807) is 0 Å². The van der Waals surface area contributed by atoms with Crippen molar-refractivity contribution < 1.29 is 14.3 Å². The highest BCUT2D eigenvalue weighted by molar-refractivity contribution is 6.36. The van der Waals surface area contributed by atoms with Crippen LogP contribution in [0, 0.1) is 6.92 Å². The smallest absolute Gasteiger partial charge is 0.278 e. The number of anilines is 1. The van der Waals surface area contributed by atoms with Gasteiger partial charge in [0.25, 0.3) is 11.8 Å². The van der Waals surface area contributed by atoms with Crippen molar-refractivity contribution in [3.05, 3.63) is 71.4 Å². The number of aryl methyl sites for hydroxylation is 1. The van der Waals surface area contributed by atoms with Crippen molar-refractivity contribution in [2.45, 2.75) is 26.9 Å². The zero-order valence-corrected chi connectivity index (χ0v) is 15.9. The third kappa shape index (κ3) is 4.26. The molecular weight excluding hydrogens is 340 g/mol. The molecule has 1 aliphatic heterocycles. The Morgan fingerprint density at radius 1 is 0.963 bits per heavy atom. The molecule has 0 atom stereocenters. The average molecular weight is 364 g/mol. The maximum absolute atomic E-state index is 13.0. The molecule has 2 aromatic rings. The number of benzene rings is 2. The molecule has 2 aromatic carbocycles. The maximum atomic E-state index is 13.0. The summed E-state index contributed by atoms with van der Waals surface area (Å²) >= 11 is 0. The van der Waals surface area contributed by atoms with Crippen LogP contribution in [0.25, 0.3) is 5.57 Å². The van der Waals surface area contributed by atoms with Gasteiger partial charge >= 0.3 is 0 Å². The number of nitrogens with zero attached hydrogens (tertiary/aromatic N) is 1. The molecule has 1 aliphatic rings. The standard InChI is InChI=1S/C22H24N2O3/c1-15(2)27-14-13-24-21(25)19(17-7-5-4-6-8-17)20(22(24)26)23-18-11-9-16(3)10-12-18/h4-12,15,23H,13-14H2,1-3H3. The van der Waals surface area contributed by atoms with Crippen molar-refractivity contribution >= 4 is 23.1 Å². The van der Waals surface area contributed by atoms with Gasteiger partial charge in [-0.3, -0.25) is 14.5 Å². The lowest BCUT2D eigenvalue weighted by molar-refractivity contribution is -0.137. The molecule has 0 spiro atoms. The largest absolute Gasteiger partial charge is 0.377 e. The van der Waals surface area contributed by atoms with Crippen molar-refractivity contribution in [2.24, 2.45) is 0 Å². The van der Waals surface area contributed by atoms with Gasteiger partial charge in [-0.15, -0.1) is 0 Å². The highest BCUT2D eigenvalue weighted by atomic mass is 16.5. The van der Waals surface area contributed by atoms with Gasteiger partial charge in [-0.1, -0.05) is 48.0 Å². The summed E-state index contributed by atoms with van der Waals surface area (Å²) < 4.78 is 5.52. The Labute approximate surface area is 159 Å². The second-order valence-electron chi connectivity index (χ2n) is 6.79. The highest BCUT2D eigenvalue weighted by Crippen LogP contribution is 2.30. The van der Waals surface area contributed by atoms with E-state index in [9.17, 15) is 9.59 Å². The lowest BCUT2D eigenvalue weighted by Crippen LogP contribution is -2.35. The number of amides is 2. The van der Waals surface area contributed by atoms with E-state index >= 15 is 0 Å². The molecule has 0 unspecified atom stereocenters. The van der Waals surface area contributed by atoms with Crippen LogP contribution in [0.1, 0.15) is 25.0 Å². The zero-order chi connectivity index (χ0) is 19.4.